The van der Waals surface area contributed by atoms with Gasteiger partial charge in [0.2, 0.25) is 21.8 Å². The molecule has 0 aromatic heterocycles. The highest BCUT2D eigenvalue weighted by Gasteiger charge is 2.35. The lowest BCUT2D eigenvalue weighted by Crippen LogP contribution is -2.54. The van der Waals surface area contributed by atoms with Crippen molar-refractivity contribution in [2.24, 2.45) is 0 Å². The van der Waals surface area contributed by atoms with Gasteiger partial charge in [0, 0.05) is 24.6 Å². The van der Waals surface area contributed by atoms with E-state index in [2.05, 4.69) is 5.32 Å². The fourth-order valence-corrected chi connectivity index (χ4v) is 6.58. The average Bonchev–Trinajstić information content (AvgIpc) is 3.45. The Bertz CT molecular complexity index is 1540. The van der Waals surface area contributed by atoms with E-state index in [1.165, 1.54) is 35.2 Å². The van der Waals surface area contributed by atoms with E-state index in [0.717, 1.165) is 41.8 Å². The van der Waals surface area contributed by atoms with Gasteiger partial charge in [-0.25, -0.2) is 12.8 Å². The minimum absolute atomic E-state index is 0.0382. The lowest BCUT2D eigenvalue weighted by molar-refractivity contribution is -0.140. The molecule has 0 radical (unpaired) electrons. The van der Waals surface area contributed by atoms with Crippen LogP contribution < -0.4 is 9.62 Å². The number of halogens is 4. The first kappa shape index (κ1) is 32.1. The Labute approximate surface area is 260 Å². The molecule has 1 atom stereocenters. The van der Waals surface area contributed by atoms with Gasteiger partial charge in [-0.05, 0) is 36.6 Å². The van der Waals surface area contributed by atoms with E-state index in [4.69, 9.17) is 34.8 Å². The number of amides is 2. The predicted octanol–water partition coefficient (Wildman–Crippen LogP) is 6.25. The molecule has 1 aliphatic rings. The van der Waals surface area contributed by atoms with Crippen LogP contribution in [0.4, 0.5) is 10.1 Å². The van der Waals surface area contributed by atoms with Crippen molar-refractivity contribution in [3.05, 3.63) is 98.7 Å². The zero-order valence-electron chi connectivity index (χ0n) is 22.9. The van der Waals surface area contributed by atoms with Crippen LogP contribution >= 0.6 is 34.8 Å². The Balaban J connectivity index is 1.76. The molecule has 2 amide bonds. The minimum Gasteiger partial charge on any atom is -0.352 e. The Morgan fingerprint density at radius 3 is 2.21 bits per heavy atom. The molecular weight excluding hydrogens is 624 g/mol. The van der Waals surface area contributed by atoms with Crippen molar-refractivity contribution >= 4 is 62.3 Å². The summed E-state index contributed by atoms with van der Waals surface area (Å²) in [6.45, 7) is -0.985. The number of anilines is 1. The lowest BCUT2D eigenvalue weighted by Gasteiger charge is -2.34. The summed E-state index contributed by atoms with van der Waals surface area (Å²) in [5.41, 5.74) is 0.904. The summed E-state index contributed by atoms with van der Waals surface area (Å²) in [6.07, 6.45) is 4.67. The second-order valence-corrected chi connectivity index (χ2v) is 13.4. The monoisotopic (exact) mass is 653 g/mol. The van der Waals surface area contributed by atoms with Crippen molar-refractivity contribution in [3.63, 3.8) is 0 Å². The number of nitrogens with zero attached hydrogens (tertiary/aromatic N) is 2. The number of nitrogens with one attached hydrogen (secondary N) is 1. The SMILES string of the molecule is CS(=O)(=O)N(CC(=O)N(Cc1ccccc1F)C(Cc1ccccc1)C(=O)NC1CCCC1)c1cc(Cl)c(Cl)cc1Cl. The number of sulfonamides is 1. The van der Waals surface area contributed by atoms with Gasteiger partial charge < -0.3 is 10.2 Å². The lowest BCUT2D eigenvalue weighted by atomic mass is 10.0. The van der Waals surface area contributed by atoms with E-state index in [1.807, 2.05) is 30.3 Å². The first-order valence-electron chi connectivity index (χ1n) is 13.4. The maximum atomic E-state index is 14.9. The predicted molar refractivity (Wildman–Crippen MR) is 165 cm³/mol. The topological polar surface area (TPSA) is 86.8 Å². The molecular formula is C30H31Cl3FN3O4S. The highest BCUT2D eigenvalue weighted by Crippen LogP contribution is 2.36. The maximum absolute atomic E-state index is 14.9. The Kier molecular flexibility index (Phi) is 10.8. The van der Waals surface area contributed by atoms with Gasteiger partial charge in [0.25, 0.3) is 0 Å². The van der Waals surface area contributed by atoms with E-state index in [-0.39, 0.29) is 45.3 Å². The van der Waals surface area contributed by atoms with Gasteiger partial charge in [0.1, 0.15) is 18.4 Å². The third kappa shape index (κ3) is 8.16. The minimum atomic E-state index is -4.08. The summed E-state index contributed by atoms with van der Waals surface area (Å²) >= 11 is 18.6. The van der Waals surface area contributed by atoms with Gasteiger partial charge in [0.15, 0.2) is 0 Å². The second-order valence-electron chi connectivity index (χ2n) is 10.3. The van der Waals surface area contributed by atoms with E-state index < -0.39 is 40.2 Å². The molecule has 4 rings (SSSR count). The second kappa shape index (κ2) is 14.1. The molecule has 1 saturated carbocycles. The molecule has 0 saturated heterocycles. The fourth-order valence-electron chi connectivity index (χ4n) is 5.03. The van der Waals surface area contributed by atoms with Gasteiger partial charge in [0.05, 0.1) is 27.0 Å². The third-order valence-corrected chi connectivity index (χ3v) is 9.36. The largest absolute Gasteiger partial charge is 0.352 e. The van der Waals surface area contributed by atoms with Crippen LogP contribution in [-0.2, 0) is 32.6 Å². The molecule has 1 aliphatic carbocycles. The van der Waals surface area contributed by atoms with Crippen LogP contribution in [0.2, 0.25) is 15.1 Å². The van der Waals surface area contributed by atoms with Gasteiger partial charge in [-0.1, -0.05) is 96.2 Å². The zero-order valence-corrected chi connectivity index (χ0v) is 26.0. The van der Waals surface area contributed by atoms with Gasteiger partial charge in [-0.2, -0.15) is 0 Å². The van der Waals surface area contributed by atoms with Crippen molar-refractivity contribution in [2.45, 2.75) is 50.7 Å². The summed E-state index contributed by atoms with van der Waals surface area (Å²) in [6, 6.07) is 16.5. The standard InChI is InChI=1S/C30H31Cl3FN3O4S/c1-42(40,41)37(27-17-24(32)23(31)16-25(27)33)19-29(38)36(18-21-11-5-8-14-26(21)34)28(15-20-9-3-2-4-10-20)30(39)35-22-12-6-7-13-22/h2-5,8-11,14,16-17,22,28H,6-7,12-13,15,18-19H2,1H3,(H,35,39). The Morgan fingerprint density at radius 2 is 1.57 bits per heavy atom. The van der Waals surface area contributed by atoms with Crippen LogP contribution in [0.25, 0.3) is 0 Å². The van der Waals surface area contributed by atoms with Crippen molar-refractivity contribution < 1.29 is 22.4 Å². The molecule has 3 aromatic rings. The number of benzene rings is 3. The first-order chi connectivity index (χ1) is 19.9. The molecule has 12 heteroatoms. The van der Waals surface area contributed by atoms with E-state index in [0.29, 0.717) is 0 Å². The molecule has 0 bridgehead atoms. The van der Waals surface area contributed by atoms with Crippen LogP contribution in [0, 0.1) is 5.82 Å². The van der Waals surface area contributed by atoms with Crippen molar-refractivity contribution in [2.75, 3.05) is 17.1 Å². The van der Waals surface area contributed by atoms with E-state index >= 15 is 0 Å². The average molecular weight is 655 g/mol. The van der Waals surface area contributed by atoms with Gasteiger partial charge in [-0.3, -0.25) is 13.9 Å². The summed E-state index contributed by atoms with van der Waals surface area (Å²) in [7, 11) is -4.08. The quantitative estimate of drug-likeness (QED) is 0.248. The van der Waals surface area contributed by atoms with Gasteiger partial charge >= 0.3 is 0 Å². The molecule has 0 aliphatic heterocycles. The Morgan fingerprint density at radius 1 is 0.952 bits per heavy atom. The molecule has 7 nitrogen and oxygen atoms in total. The normalized spacial score (nSPS) is 14.4. The number of carbonyl (C=O) groups is 2. The number of hydrogen-bond acceptors (Lipinski definition) is 4. The third-order valence-electron chi connectivity index (χ3n) is 7.21. The summed E-state index contributed by atoms with van der Waals surface area (Å²) < 4.78 is 41.6. The van der Waals surface area contributed by atoms with Crippen molar-refractivity contribution in [3.8, 4) is 0 Å². The highest BCUT2D eigenvalue weighted by molar-refractivity contribution is 7.92. The zero-order chi connectivity index (χ0) is 30.4. The van der Waals surface area contributed by atoms with Crippen LogP contribution in [-0.4, -0.2) is 50.0 Å². The summed E-state index contributed by atoms with van der Waals surface area (Å²) in [4.78, 5) is 29.2. The van der Waals surface area contributed by atoms with Gasteiger partial charge in [-0.15, -0.1) is 0 Å². The van der Waals surface area contributed by atoms with Crippen LogP contribution in [0.15, 0.2) is 66.7 Å². The summed E-state index contributed by atoms with van der Waals surface area (Å²) in [5.74, 6) is -1.68. The molecule has 1 N–H and O–H groups in total. The number of carbonyl (C=O) groups excluding carboxylic acids is 2. The Hall–Kier alpha value is -2.85. The molecule has 1 fully saturated rings. The molecule has 224 valence electrons. The molecule has 3 aromatic carbocycles. The fraction of sp³-hybridized carbons (Fsp3) is 0.333. The molecule has 1 unspecified atom stereocenters. The van der Waals surface area contributed by atoms with Crippen LogP contribution in [0.1, 0.15) is 36.8 Å². The molecule has 0 spiro atoms. The maximum Gasteiger partial charge on any atom is 0.244 e. The van der Waals surface area contributed by atoms with E-state index in [9.17, 15) is 22.4 Å². The first-order valence-corrected chi connectivity index (χ1v) is 16.4. The van der Waals surface area contributed by atoms with Crippen LogP contribution in [0.5, 0.6) is 0 Å². The highest BCUT2D eigenvalue weighted by atomic mass is 35.5. The van der Waals surface area contributed by atoms with E-state index in [1.54, 1.807) is 6.07 Å². The van der Waals surface area contributed by atoms with Crippen LogP contribution in [0.3, 0.4) is 0 Å². The smallest absolute Gasteiger partial charge is 0.244 e. The van der Waals surface area contributed by atoms with Crippen molar-refractivity contribution in [1.29, 1.82) is 0 Å². The number of hydrogen-bond donors (Lipinski definition) is 1. The number of rotatable bonds is 11. The van der Waals surface area contributed by atoms with Crippen molar-refractivity contribution in [1.82, 2.24) is 10.2 Å². The summed E-state index contributed by atoms with van der Waals surface area (Å²) in [5, 5.41) is 3.17. The molecule has 42 heavy (non-hydrogen) atoms. The molecule has 0 heterocycles.